The molecule has 0 bridgehead atoms. The van der Waals surface area contributed by atoms with Gasteiger partial charge in [0.05, 0.1) is 5.60 Å². The number of nitrogens with zero attached hydrogens (tertiary/aromatic N) is 1. The number of rotatable bonds is 4. The first-order chi connectivity index (χ1) is 12.5. The fraction of sp³-hybridized carbons (Fsp3) is 0.409. The van der Waals surface area contributed by atoms with E-state index in [1.165, 1.54) is 16.7 Å². The summed E-state index contributed by atoms with van der Waals surface area (Å²) in [6.45, 7) is 3.80. The average Bonchev–Trinajstić information content (AvgIpc) is 2.83. The molecule has 1 unspecified atom stereocenters. The lowest BCUT2D eigenvalue weighted by Gasteiger charge is -2.23. The normalized spacial score (nSPS) is 20.5. The van der Waals surface area contributed by atoms with Crippen LogP contribution in [-0.2, 0) is 6.42 Å². The number of amides is 2. The highest BCUT2D eigenvalue weighted by Gasteiger charge is 2.26. The van der Waals surface area contributed by atoms with E-state index in [0.717, 1.165) is 19.3 Å². The number of nitrogens with one attached hydrogen (secondary N) is 1. The van der Waals surface area contributed by atoms with Gasteiger partial charge in [0.25, 0.3) is 0 Å². The van der Waals surface area contributed by atoms with Crippen molar-refractivity contribution in [1.82, 2.24) is 10.2 Å². The maximum absolute atomic E-state index is 12.4. The summed E-state index contributed by atoms with van der Waals surface area (Å²) in [7, 11) is 0. The first-order valence-corrected chi connectivity index (χ1v) is 9.43. The minimum absolute atomic E-state index is 0.0260. The maximum Gasteiger partial charge on any atom is 0.317 e. The molecule has 0 spiro atoms. The SMILES string of the molecule is CC1(O)CCCN(C(=O)NCCc2cccc(-c3ccccc3)c2)CC1. The number of carbonyl (C=O) groups excluding carboxylic acids is 1. The molecule has 0 aromatic heterocycles. The van der Waals surface area contributed by atoms with E-state index >= 15 is 0 Å². The van der Waals surface area contributed by atoms with Crippen molar-refractivity contribution in [2.24, 2.45) is 0 Å². The fourth-order valence-corrected chi connectivity index (χ4v) is 3.43. The van der Waals surface area contributed by atoms with Gasteiger partial charge in [0.1, 0.15) is 0 Å². The smallest absolute Gasteiger partial charge is 0.317 e. The summed E-state index contributed by atoms with van der Waals surface area (Å²) in [5.74, 6) is 0. The van der Waals surface area contributed by atoms with Crippen molar-refractivity contribution in [3.63, 3.8) is 0 Å². The van der Waals surface area contributed by atoms with Crippen molar-refractivity contribution in [2.45, 2.75) is 38.2 Å². The van der Waals surface area contributed by atoms with E-state index in [1.807, 2.05) is 30.0 Å². The molecule has 2 aromatic rings. The minimum Gasteiger partial charge on any atom is -0.390 e. The Labute approximate surface area is 155 Å². The largest absolute Gasteiger partial charge is 0.390 e. The number of likely N-dealkylation sites (tertiary alicyclic amines) is 1. The van der Waals surface area contributed by atoms with Gasteiger partial charge in [-0.3, -0.25) is 0 Å². The van der Waals surface area contributed by atoms with E-state index in [-0.39, 0.29) is 6.03 Å². The highest BCUT2D eigenvalue weighted by Crippen LogP contribution is 2.22. The van der Waals surface area contributed by atoms with Gasteiger partial charge < -0.3 is 15.3 Å². The van der Waals surface area contributed by atoms with Crippen LogP contribution in [0.25, 0.3) is 11.1 Å². The quantitative estimate of drug-likeness (QED) is 0.878. The summed E-state index contributed by atoms with van der Waals surface area (Å²) in [6, 6.07) is 18.8. The molecular formula is C22H28N2O2. The van der Waals surface area contributed by atoms with Gasteiger partial charge in [-0.15, -0.1) is 0 Å². The summed E-state index contributed by atoms with van der Waals surface area (Å²) in [4.78, 5) is 14.2. The number of benzene rings is 2. The van der Waals surface area contributed by atoms with Crippen LogP contribution in [0.3, 0.4) is 0 Å². The van der Waals surface area contributed by atoms with Crippen LogP contribution in [0.1, 0.15) is 31.7 Å². The van der Waals surface area contributed by atoms with Crippen molar-refractivity contribution < 1.29 is 9.90 Å². The molecule has 2 aromatic carbocycles. The van der Waals surface area contributed by atoms with Gasteiger partial charge in [-0.05, 0) is 49.3 Å². The zero-order valence-corrected chi connectivity index (χ0v) is 15.4. The Bertz CT molecular complexity index is 728. The van der Waals surface area contributed by atoms with Gasteiger partial charge in [-0.25, -0.2) is 4.79 Å². The van der Waals surface area contributed by atoms with Crippen molar-refractivity contribution in [3.05, 3.63) is 60.2 Å². The van der Waals surface area contributed by atoms with E-state index in [1.54, 1.807) is 0 Å². The Morgan fingerprint density at radius 1 is 1.08 bits per heavy atom. The van der Waals surface area contributed by atoms with Gasteiger partial charge in [-0.2, -0.15) is 0 Å². The van der Waals surface area contributed by atoms with E-state index in [2.05, 4.69) is 41.7 Å². The molecule has 4 heteroatoms. The van der Waals surface area contributed by atoms with Crippen LogP contribution < -0.4 is 5.32 Å². The molecule has 138 valence electrons. The topological polar surface area (TPSA) is 52.6 Å². The van der Waals surface area contributed by atoms with E-state index in [0.29, 0.717) is 26.1 Å². The molecule has 4 nitrogen and oxygen atoms in total. The molecular weight excluding hydrogens is 324 g/mol. The Kier molecular flexibility index (Phi) is 5.94. The van der Waals surface area contributed by atoms with Crippen LogP contribution in [0.5, 0.6) is 0 Å². The number of urea groups is 1. The average molecular weight is 352 g/mol. The molecule has 1 heterocycles. The summed E-state index contributed by atoms with van der Waals surface area (Å²) in [6.07, 6.45) is 3.04. The van der Waals surface area contributed by atoms with Crippen molar-refractivity contribution >= 4 is 6.03 Å². The summed E-state index contributed by atoms with van der Waals surface area (Å²) < 4.78 is 0. The van der Waals surface area contributed by atoms with E-state index < -0.39 is 5.60 Å². The first-order valence-electron chi connectivity index (χ1n) is 9.43. The molecule has 1 atom stereocenters. The van der Waals surface area contributed by atoms with Crippen molar-refractivity contribution in [1.29, 1.82) is 0 Å². The number of hydrogen-bond donors (Lipinski definition) is 2. The number of carbonyl (C=O) groups is 1. The highest BCUT2D eigenvalue weighted by molar-refractivity contribution is 5.74. The Balaban J connectivity index is 1.51. The zero-order chi connectivity index (χ0) is 18.4. The van der Waals surface area contributed by atoms with Gasteiger partial charge in [0, 0.05) is 19.6 Å². The molecule has 0 saturated carbocycles. The standard InChI is InChI=1S/C22H28N2O2/c1-22(26)12-6-15-24(16-13-22)21(25)23-14-11-18-7-5-10-20(17-18)19-8-3-2-4-9-19/h2-5,7-10,17,26H,6,11-16H2,1H3,(H,23,25). The second-order valence-corrected chi connectivity index (χ2v) is 7.39. The fourth-order valence-electron chi connectivity index (χ4n) is 3.43. The molecule has 2 amide bonds. The second-order valence-electron chi connectivity index (χ2n) is 7.39. The number of aliphatic hydroxyl groups is 1. The van der Waals surface area contributed by atoms with E-state index in [9.17, 15) is 9.90 Å². The molecule has 1 saturated heterocycles. The lowest BCUT2D eigenvalue weighted by molar-refractivity contribution is 0.0457. The first kappa shape index (κ1) is 18.5. The van der Waals surface area contributed by atoms with E-state index in [4.69, 9.17) is 0 Å². The summed E-state index contributed by atoms with van der Waals surface area (Å²) in [5, 5.41) is 13.2. The van der Waals surface area contributed by atoms with Crippen molar-refractivity contribution in [3.8, 4) is 11.1 Å². The zero-order valence-electron chi connectivity index (χ0n) is 15.4. The molecule has 1 aliphatic rings. The Morgan fingerprint density at radius 3 is 2.65 bits per heavy atom. The molecule has 3 rings (SSSR count). The molecule has 0 radical (unpaired) electrons. The Morgan fingerprint density at radius 2 is 1.85 bits per heavy atom. The lowest BCUT2D eigenvalue weighted by atomic mass is 9.98. The third-order valence-electron chi connectivity index (χ3n) is 5.07. The Hall–Kier alpha value is -2.33. The third-order valence-corrected chi connectivity index (χ3v) is 5.07. The van der Waals surface area contributed by atoms with Crippen LogP contribution in [0, 0.1) is 0 Å². The molecule has 1 aliphatic heterocycles. The van der Waals surface area contributed by atoms with Crippen LogP contribution in [0.15, 0.2) is 54.6 Å². The molecule has 2 N–H and O–H groups in total. The monoisotopic (exact) mass is 352 g/mol. The van der Waals surface area contributed by atoms with Crippen LogP contribution in [-0.4, -0.2) is 41.3 Å². The predicted octanol–water partition coefficient (Wildman–Crippen LogP) is 3.84. The van der Waals surface area contributed by atoms with Gasteiger partial charge in [0.2, 0.25) is 0 Å². The lowest BCUT2D eigenvalue weighted by Crippen LogP contribution is -2.41. The summed E-state index contributed by atoms with van der Waals surface area (Å²) >= 11 is 0. The van der Waals surface area contributed by atoms with Gasteiger partial charge >= 0.3 is 6.03 Å². The summed E-state index contributed by atoms with van der Waals surface area (Å²) in [5.41, 5.74) is 2.97. The maximum atomic E-state index is 12.4. The van der Waals surface area contributed by atoms with Gasteiger partial charge in [-0.1, -0.05) is 54.6 Å². The molecule has 26 heavy (non-hydrogen) atoms. The van der Waals surface area contributed by atoms with Crippen LogP contribution >= 0.6 is 0 Å². The molecule has 0 aliphatic carbocycles. The second kappa shape index (κ2) is 8.37. The van der Waals surface area contributed by atoms with Crippen molar-refractivity contribution in [2.75, 3.05) is 19.6 Å². The van der Waals surface area contributed by atoms with Gasteiger partial charge in [0.15, 0.2) is 0 Å². The van der Waals surface area contributed by atoms with Crippen LogP contribution in [0.2, 0.25) is 0 Å². The number of hydrogen-bond acceptors (Lipinski definition) is 2. The van der Waals surface area contributed by atoms with Crippen LogP contribution in [0.4, 0.5) is 4.79 Å². The predicted molar refractivity (Wildman–Crippen MR) is 105 cm³/mol. The minimum atomic E-state index is -0.646. The highest BCUT2D eigenvalue weighted by atomic mass is 16.3. The molecule has 1 fully saturated rings. The third kappa shape index (κ3) is 5.09.